The van der Waals surface area contributed by atoms with Gasteiger partial charge in [0.15, 0.2) is 0 Å². The maximum Gasteiger partial charge on any atom is 0.0998 e. The monoisotopic (exact) mass is 266 g/mol. The van der Waals surface area contributed by atoms with Gasteiger partial charge in [0.1, 0.15) is 0 Å². The average molecular weight is 266 g/mol. The first-order chi connectivity index (χ1) is 9.78. The van der Waals surface area contributed by atoms with E-state index in [1.807, 2.05) is 30.3 Å². The Labute approximate surface area is 119 Å². The van der Waals surface area contributed by atoms with Crippen LogP contribution in [0.3, 0.4) is 0 Å². The SMILES string of the molecule is COC1(CNc2ccc(C#N)c3ccccc23)CCC1. The molecule has 0 aliphatic heterocycles. The predicted molar refractivity (Wildman–Crippen MR) is 80.7 cm³/mol. The van der Waals surface area contributed by atoms with Gasteiger partial charge in [-0.2, -0.15) is 5.26 Å². The van der Waals surface area contributed by atoms with Gasteiger partial charge in [-0.05, 0) is 31.4 Å². The summed E-state index contributed by atoms with van der Waals surface area (Å²) in [6.45, 7) is 0.819. The molecule has 0 radical (unpaired) electrons. The largest absolute Gasteiger partial charge is 0.382 e. The minimum Gasteiger partial charge on any atom is -0.382 e. The van der Waals surface area contributed by atoms with E-state index in [-0.39, 0.29) is 5.60 Å². The van der Waals surface area contributed by atoms with Crippen molar-refractivity contribution in [2.75, 3.05) is 19.0 Å². The van der Waals surface area contributed by atoms with Crippen LogP contribution in [0.15, 0.2) is 36.4 Å². The molecule has 0 atom stereocenters. The quantitative estimate of drug-likeness (QED) is 0.917. The smallest absolute Gasteiger partial charge is 0.0998 e. The summed E-state index contributed by atoms with van der Waals surface area (Å²) in [5.41, 5.74) is 1.79. The van der Waals surface area contributed by atoms with Gasteiger partial charge >= 0.3 is 0 Å². The van der Waals surface area contributed by atoms with Gasteiger partial charge in [-0.3, -0.25) is 0 Å². The molecule has 20 heavy (non-hydrogen) atoms. The minimum absolute atomic E-state index is 0.00496. The average Bonchev–Trinajstić information content (AvgIpc) is 2.46. The molecule has 0 spiro atoms. The zero-order chi connectivity index (χ0) is 14.0. The summed E-state index contributed by atoms with van der Waals surface area (Å²) in [6, 6.07) is 14.1. The first-order valence-corrected chi connectivity index (χ1v) is 6.99. The van der Waals surface area contributed by atoms with Crippen molar-refractivity contribution in [1.82, 2.24) is 0 Å². The van der Waals surface area contributed by atoms with Crippen LogP contribution in [0.1, 0.15) is 24.8 Å². The van der Waals surface area contributed by atoms with E-state index >= 15 is 0 Å². The molecule has 1 aliphatic carbocycles. The molecular formula is C17H18N2O. The van der Waals surface area contributed by atoms with Crippen molar-refractivity contribution >= 4 is 16.5 Å². The molecule has 1 aliphatic rings. The third-order valence-electron chi connectivity index (χ3n) is 4.34. The maximum atomic E-state index is 9.18. The molecule has 0 amide bonds. The fourth-order valence-electron chi connectivity index (χ4n) is 2.83. The van der Waals surface area contributed by atoms with E-state index in [0.717, 1.165) is 41.4 Å². The third kappa shape index (κ3) is 2.13. The molecule has 102 valence electrons. The highest BCUT2D eigenvalue weighted by molar-refractivity contribution is 5.97. The van der Waals surface area contributed by atoms with Gasteiger partial charge in [-0.25, -0.2) is 0 Å². The van der Waals surface area contributed by atoms with E-state index in [1.54, 1.807) is 7.11 Å². The second kappa shape index (κ2) is 5.15. The molecule has 0 bridgehead atoms. The second-order valence-electron chi connectivity index (χ2n) is 5.41. The molecule has 2 aromatic rings. The molecule has 0 saturated heterocycles. The van der Waals surface area contributed by atoms with Crippen LogP contribution in [-0.2, 0) is 4.74 Å². The number of hydrogen-bond acceptors (Lipinski definition) is 3. The number of nitrogens with zero attached hydrogens (tertiary/aromatic N) is 1. The van der Waals surface area contributed by atoms with E-state index in [1.165, 1.54) is 6.42 Å². The summed E-state index contributed by atoms with van der Waals surface area (Å²) in [5, 5.41) is 14.8. The van der Waals surface area contributed by atoms with Gasteiger partial charge in [0.25, 0.3) is 0 Å². The van der Waals surface area contributed by atoms with Gasteiger partial charge in [-0.1, -0.05) is 24.3 Å². The molecule has 3 rings (SSSR count). The molecule has 1 N–H and O–H groups in total. The van der Waals surface area contributed by atoms with Crippen LogP contribution >= 0.6 is 0 Å². The van der Waals surface area contributed by atoms with E-state index in [9.17, 15) is 5.26 Å². The molecule has 3 nitrogen and oxygen atoms in total. The highest BCUT2D eigenvalue weighted by Crippen LogP contribution is 2.36. The maximum absolute atomic E-state index is 9.18. The molecule has 3 heteroatoms. The number of rotatable bonds is 4. The first kappa shape index (κ1) is 13.0. The molecule has 1 fully saturated rings. The Balaban J connectivity index is 1.91. The summed E-state index contributed by atoms with van der Waals surface area (Å²) in [6.07, 6.45) is 3.47. The fraction of sp³-hybridized carbons (Fsp3) is 0.353. The van der Waals surface area contributed by atoms with E-state index < -0.39 is 0 Å². The Hall–Kier alpha value is -2.05. The highest BCUT2D eigenvalue weighted by atomic mass is 16.5. The van der Waals surface area contributed by atoms with Crippen LogP contribution in [-0.4, -0.2) is 19.3 Å². The Morgan fingerprint density at radius 1 is 1.20 bits per heavy atom. The number of fused-ring (bicyclic) bond motifs is 1. The molecule has 0 unspecified atom stereocenters. The fourth-order valence-corrected chi connectivity index (χ4v) is 2.83. The lowest BCUT2D eigenvalue weighted by molar-refractivity contribution is -0.0601. The number of anilines is 1. The van der Waals surface area contributed by atoms with Gasteiger partial charge in [0, 0.05) is 30.1 Å². The second-order valence-corrected chi connectivity index (χ2v) is 5.41. The number of nitrogens with one attached hydrogen (secondary N) is 1. The van der Waals surface area contributed by atoms with Crippen molar-refractivity contribution in [3.05, 3.63) is 42.0 Å². The van der Waals surface area contributed by atoms with E-state index in [4.69, 9.17) is 4.74 Å². The molecule has 0 aromatic heterocycles. The van der Waals surface area contributed by atoms with Crippen LogP contribution in [0.5, 0.6) is 0 Å². The Morgan fingerprint density at radius 3 is 2.55 bits per heavy atom. The molecule has 0 heterocycles. The number of methoxy groups -OCH3 is 1. The lowest BCUT2D eigenvalue weighted by atomic mass is 9.80. The van der Waals surface area contributed by atoms with Crippen molar-refractivity contribution in [2.45, 2.75) is 24.9 Å². The van der Waals surface area contributed by atoms with Crippen LogP contribution < -0.4 is 5.32 Å². The van der Waals surface area contributed by atoms with Gasteiger partial charge in [-0.15, -0.1) is 0 Å². The Morgan fingerprint density at radius 2 is 1.95 bits per heavy atom. The van der Waals surface area contributed by atoms with Crippen LogP contribution in [0, 0.1) is 11.3 Å². The van der Waals surface area contributed by atoms with Crippen molar-refractivity contribution in [1.29, 1.82) is 5.26 Å². The van der Waals surface area contributed by atoms with Crippen LogP contribution in [0.2, 0.25) is 0 Å². The number of ether oxygens (including phenoxy) is 1. The van der Waals surface area contributed by atoms with Crippen LogP contribution in [0.25, 0.3) is 10.8 Å². The lowest BCUT2D eigenvalue weighted by Crippen LogP contribution is -2.45. The van der Waals surface area contributed by atoms with Crippen LogP contribution in [0.4, 0.5) is 5.69 Å². The standard InChI is InChI=1S/C17H18N2O/c1-20-17(9-4-10-17)12-19-16-8-7-13(11-18)14-5-2-3-6-15(14)16/h2-3,5-8,19H,4,9-10,12H2,1H3. The Bertz CT molecular complexity index is 663. The summed E-state index contributed by atoms with van der Waals surface area (Å²) < 4.78 is 5.64. The van der Waals surface area contributed by atoms with Crippen molar-refractivity contribution in [3.63, 3.8) is 0 Å². The molecule has 1 saturated carbocycles. The van der Waals surface area contributed by atoms with Gasteiger partial charge < -0.3 is 10.1 Å². The highest BCUT2D eigenvalue weighted by Gasteiger charge is 2.36. The number of benzene rings is 2. The van der Waals surface area contributed by atoms with Gasteiger partial charge in [0.2, 0.25) is 0 Å². The Kier molecular flexibility index (Phi) is 3.33. The zero-order valence-corrected chi connectivity index (χ0v) is 11.6. The lowest BCUT2D eigenvalue weighted by Gasteiger charge is -2.40. The summed E-state index contributed by atoms with van der Waals surface area (Å²) in [4.78, 5) is 0. The summed E-state index contributed by atoms with van der Waals surface area (Å²) in [5.74, 6) is 0. The molecule has 2 aromatic carbocycles. The first-order valence-electron chi connectivity index (χ1n) is 6.99. The topological polar surface area (TPSA) is 45.0 Å². The third-order valence-corrected chi connectivity index (χ3v) is 4.34. The molecular weight excluding hydrogens is 248 g/mol. The van der Waals surface area contributed by atoms with Gasteiger partial charge in [0.05, 0.1) is 17.2 Å². The van der Waals surface area contributed by atoms with E-state index in [0.29, 0.717) is 0 Å². The number of hydrogen-bond donors (Lipinski definition) is 1. The minimum atomic E-state index is -0.00496. The van der Waals surface area contributed by atoms with E-state index in [2.05, 4.69) is 17.5 Å². The predicted octanol–water partition coefficient (Wildman–Crippen LogP) is 3.69. The summed E-state index contributed by atoms with van der Waals surface area (Å²) >= 11 is 0. The summed E-state index contributed by atoms with van der Waals surface area (Å²) in [7, 11) is 1.79. The van der Waals surface area contributed by atoms with Crippen molar-refractivity contribution in [3.8, 4) is 6.07 Å². The van der Waals surface area contributed by atoms with Crippen molar-refractivity contribution < 1.29 is 4.74 Å². The normalized spacial score (nSPS) is 16.4. The van der Waals surface area contributed by atoms with Crippen molar-refractivity contribution in [2.24, 2.45) is 0 Å². The number of nitriles is 1. The zero-order valence-electron chi connectivity index (χ0n) is 11.6.